The van der Waals surface area contributed by atoms with E-state index in [2.05, 4.69) is 5.32 Å². The second-order valence-electron chi connectivity index (χ2n) is 8.48. The summed E-state index contributed by atoms with van der Waals surface area (Å²) < 4.78 is 10.6. The van der Waals surface area contributed by atoms with Gasteiger partial charge in [-0.3, -0.25) is 14.5 Å². The van der Waals surface area contributed by atoms with Crippen molar-refractivity contribution in [2.24, 2.45) is 5.92 Å². The number of urea groups is 1. The van der Waals surface area contributed by atoms with Crippen LogP contribution >= 0.6 is 0 Å². The van der Waals surface area contributed by atoms with Crippen LogP contribution in [-0.2, 0) is 16.0 Å². The minimum atomic E-state index is -0.688. The average Bonchev–Trinajstić information content (AvgIpc) is 3.41. The summed E-state index contributed by atoms with van der Waals surface area (Å²) in [5, 5.41) is 2.91. The van der Waals surface area contributed by atoms with E-state index in [-0.39, 0.29) is 23.8 Å². The molecule has 3 fully saturated rings. The lowest BCUT2D eigenvalue weighted by Crippen LogP contribution is -2.44. The van der Waals surface area contributed by atoms with Crippen molar-refractivity contribution in [2.75, 3.05) is 33.9 Å². The van der Waals surface area contributed by atoms with Gasteiger partial charge in [-0.05, 0) is 37.0 Å². The smallest absolute Gasteiger partial charge is 0.325 e. The molecule has 4 rings (SSSR count). The van der Waals surface area contributed by atoms with Crippen LogP contribution in [0.3, 0.4) is 0 Å². The highest BCUT2D eigenvalue weighted by atomic mass is 16.5. The number of imide groups is 1. The summed E-state index contributed by atoms with van der Waals surface area (Å²) in [4.78, 5) is 40.9. The standard InChI is InChI=1S/C22H29N3O5/c1-29-17-6-5-15(11-18(17)30-2)7-10-24-13-16(12-19(24)26)14-25-20(27)22(23-21(25)28)8-3-4-9-22/h5-6,11,16H,3-4,7-10,12-14H2,1-2H3,(H,23,28). The Morgan fingerprint density at radius 1 is 1.10 bits per heavy atom. The van der Waals surface area contributed by atoms with Gasteiger partial charge in [0.15, 0.2) is 11.5 Å². The van der Waals surface area contributed by atoms with Gasteiger partial charge < -0.3 is 19.7 Å². The number of hydrogen-bond acceptors (Lipinski definition) is 5. The van der Waals surface area contributed by atoms with Gasteiger partial charge in [-0.15, -0.1) is 0 Å². The topological polar surface area (TPSA) is 88.2 Å². The number of carbonyl (C=O) groups is 3. The highest BCUT2D eigenvalue weighted by molar-refractivity contribution is 6.07. The summed E-state index contributed by atoms with van der Waals surface area (Å²) in [6.07, 6.45) is 4.43. The van der Waals surface area contributed by atoms with Gasteiger partial charge in [-0.25, -0.2) is 4.79 Å². The van der Waals surface area contributed by atoms with Crippen LogP contribution in [0.5, 0.6) is 11.5 Å². The van der Waals surface area contributed by atoms with Crippen LogP contribution in [0.25, 0.3) is 0 Å². The van der Waals surface area contributed by atoms with Crippen molar-refractivity contribution in [2.45, 2.75) is 44.1 Å². The Kier molecular flexibility index (Phi) is 5.58. The summed E-state index contributed by atoms with van der Waals surface area (Å²) in [6.45, 7) is 1.47. The molecule has 1 N–H and O–H groups in total. The van der Waals surface area contributed by atoms with Crippen molar-refractivity contribution in [3.05, 3.63) is 23.8 Å². The summed E-state index contributed by atoms with van der Waals surface area (Å²) in [5.74, 6) is 1.28. The first-order valence-electron chi connectivity index (χ1n) is 10.6. The maximum absolute atomic E-state index is 12.8. The lowest BCUT2D eigenvalue weighted by Gasteiger charge is -2.22. The minimum absolute atomic E-state index is 0.0193. The molecule has 1 atom stereocenters. The Morgan fingerprint density at radius 2 is 1.83 bits per heavy atom. The predicted molar refractivity (Wildman–Crippen MR) is 109 cm³/mol. The molecule has 4 amide bonds. The van der Waals surface area contributed by atoms with E-state index in [9.17, 15) is 14.4 Å². The molecule has 1 aromatic rings. The molecule has 8 nitrogen and oxygen atoms in total. The molecular weight excluding hydrogens is 386 g/mol. The fourth-order valence-corrected chi connectivity index (χ4v) is 4.91. The van der Waals surface area contributed by atoms with E-state index < -0.39 is 5.54 Å². The van der Waals surface area contributed by atoms with Gasteiger partial charge in [-0.1, -0.05) is 18.9 Å². The van der Waals surface area contributed by atoms with Crippen molar-refractivity contribution in [3.8, 4) is 11.5 Å². The lowest BCUT2D eigenvalue weighted by atomic mass is 9.97. The first kappa shape index (κ1) is 20.5. The number of benzene rings is 1. The largest absolute Gasteiger partial charge is 0.493 e. The van der Waals surface area contributed by atoms with Gasteiger partial charge in [0.05, 0.1) is 14.2 Å². The Bertz CT molecular complexity index is 849. The zero-order valence-corrected chi connectivity index (χ0v) is 17.6. The van der Waals surface area contributed by atoms with E-state index in [4.69, 9.17) is 9.47 Å². The number of methoxy groups -OCH3 is 2. The zero-order chi connectivity index (χ0) is 21.3. The van der Waals surface area contributed by atoms with E-state index in [0.717, 1.165) is 31.2 Å². The second-order valence-corrected chi connectivity index (χ2v) is 8.48. The summed E-state index contributed by atoms with van der Waals surface area (Å²) in [5.41, 5.74) is 0.369. The monoisotopic (exact) mass is 415 g/mol. The van der Waals surface area contributed by atoms with Gasteiger partial charge in [0, 0.05) is 32.0 Å². The number of nitrogens with one attached hydrogen (secondary N) is 1. The zero-order valence-electron chi connectivity index (χ0n) is 17.6. The number of hydrogen-bond donors (Lipinski definition) is 1. The predicted octanol–water partition coefficient (Wildman–Crippen LogP) is 1.96. The maximum Gasteiger partial charge on any atom is 0.325 e. The molecule has 2 saturated heterocycles. The summed E-state index contributed by atoms with van der Waals surface area (Å²) in [6, 6.07) is 5.44. The maximum atomic E-state index is 12.8. The Morgan fingerprint density at radius 3 is 2.53 bits per heavy atom. The Hall–Kier alpha value is -2.77. The van der Waals surface area contributed by atoms with E-state index in [1.807, 2.05) is 23.1 Å². The van der Waals surface area contributed by atoms with Gasteiger partial charge in [0.2, 0.25) is 5.91 Å². The molecule has 1 spiro atoms. The second kappa shape index (κ2) is 8.16. The Balaban J connectivity index is 1.33. The van der Waals surface area contributed by atoms with Gasteiger partial charge in [0.1, 0.15) is 5.54 Å². The van der Waals surface area contributed by atoms with Crippen molar-refractivity contribution >= 4 is 17.8 Å². The fraction of sp³-hybridized carbons (Fsp3) is 0.591. The third-order valence-corrected chi connectivity index (χ3v) is 6.56. The molecule has 0 aromatic heterocycles. The van der Waals surface area contributed by atoms with Gasteiger partial charge in [0.25, 0.3) is 5.91 Å². The molecule has 0 bridgehead atoms. The van der Waals surface area contributed by atoms with Crippen molar-refractivity contribution in [3.63, 3.8) is 0 Å². The molecule has 2 heterocycles. The average molecular weight is 415 g/mol. The highest BCUT2D eigenvalue weighted by Gasteiger charge is 2.53. The number of carbonyl (C=O) groups excluding carboxylic acids is 3. The van der Waals surface area contributed by atoms with Crippen LogP contribution in [0.15, 0.2) is 18.2 Å². The number of ether oxygens (including phenoxy) is 2. The van der Waals surface area contributed by atoms with Gasteiger partial charge in [-0.2, -0.15) is 0 Å². The summed E-state index contributed by atoms with van der Waals surface area (Å²) >= 11 is 0. The van der Waals surface area contributed by atoms with Crippen LogP contribution in [0, 0.1) is 5.92 Å². The first-order valence-corrected chi connectivity index (χ1v) is 10.6. The molecule has 1 saturated carbocycles. The highest BCUT2D eigenvalue weighted by Crippen LogP contribution is 2.36. The molecule has 0 radical (unpaired) electrons. The number of likely N-dealkylation sites (tertiary alicyclic amines) is 1. The first-order chi connectivity index (χ1) is 14.5. The fourth-order valence-electron chi connectivity index (χ4n) is 4.91. The number of amides is 4. The van der Waals surface area contributed by atoms with Crippen molar-refractivity contribution in [1.29, 1.82) is 0 Å². The van der Waals surface area contributed by atoms with E-state index >= 15 is 0 Å². The SMILES string of the molecule is COc1ccc(CCN2CC(CN3C(=O)NC4(CCCC4)C3=O)CC2=O)cc1OC. The van der Waals surface area contributed by atoms with Crippen molar-refractivity contribution < 1.29 is 23.9 Å². The van der Waals surface area contributed by atoms with Crippen LogP contribution in [0.2, 0.25) is 0 Å². The minimum Gasteiger partial charge on any atom is -0.493 e. The van der Waals surface area contributed by atoms with Crippen LogP contribution in [0.4, 0.5) is 4.79 Å². The van der Waals surface area contributed by atoms with E-state index in [0.29, 0.717) is 44.0 Å². The lowest BCUT2D eigenvalue weighted by molar-refractivity contribution is -0.131. The number of nitrogens with zero attached hydrogens (tertiary/aromatic N) is 2. The molecule has 30 heavy (non-hydrogen) atoms. The molecule has 162 valence electrons. The summed E-state index contributed by atoms with van der Waals surface area (Å²) in [7, 11) is 3.20. The van der Waals surface area contributed by atoms with Crippen LogP contribution < -0.4 is 14.8 Å². The normalized spacial score (nSPS) is 22.9. The molecule has 1 unspecified atom stereocenters. The van der Waals surface area contributed by atoms with E-state index in [1.54, 1.807) is 14.2 Å². The Labute approximate surface area is 176 Å². The van der Waals surface area contributed by atoms with Crippen LogP contribution in [0.1, 0.15) is 37.7 Å². The quantitative estimate of drug-likeness (QED) is 0.688. The molecular formula is C22H29N3O5. The van der Waals surface area contributed by atoms with E-state index in [1.165, 1.54) is 4.90 Å². The van der Waals surface area contributed by atoms with Crippen molar-refractivity contribution in [1.82, 2.24) is 15.1 Å². The molecule has 1 aromatic carbocycles. The molecule has 8 heteroatoms. The van der Waals surface area contributed by atoms with Crippen LogP contribution in [-0.4, -0.2) is 67.0 Å². The number of rotatable bonds is 7. The molecule has 3 aliphatic rings. The molecule has 1 aliphatic carbocycles. The van der Waals surface area contributed by atoms with Gasteiger partial charge >= 0.3 is 6.03 Å². The third-order valence-electron chi connectivity index (χ3n) is 6.56. The third kappa shape index (κ3) is 3.70. The molecule has 2 aliphatic heterocycles.